The van der Waals surface area contributed by atoms with Crippen LogP contribution in [-0.2, 0) is 10.0 Å². The first-order valence-corrected chi connectivity index (χ1v) is 6.21. The number of carbonyl (C=O) groups excluding carboxylic acids is 1. The van der Waals surface area contributed by atoms with Gasteiger partial charge in [-0.25, -0.2) is 12.7 Å². The zero-order valence-corrected chi connectivity index (χ0v) is 9.65. The van der Waals surface area contributed by atoms with Crippen LogP contribution in [0.2, 0.25) is 0 Å². The summed E-state index contributed by atoms with van der Waals surface area (Å²) in [4.78, 5) is 11.7. The molecule has 1 N–H and O–H groups in total. The van der Waals surface area contributed by atoms with Gasteiger partial charge in [0.1, 0.15) is 10.6 Å². The molecule has 0 radical (unpaired) electrons. The van der Waals surface area contributed by atoms with E-state index in [1.165, 1.54) is 12.1 Å². The minimum Gasteiger partial charge on any atom is -0.508 e. The van der Waals surface area contributed by atoms with E-state index in [9.17, 15) is 18.3 Å². The fraction of sp³-hybridized carbons (Fsp3) is 0.300. The molecule has 6 heteroatoms. The molecule has 0 spiro atoms. The molecule has 1 aliphatic heterocycles. The van der Waals surface area contributed by atoms with Gasteiger partial charge in [0.2, 0.25) is 0 Å². The van der Waals surface area contributed by atoms with E-state index in [-0.39, 0.29) is 16.2 Å². The molecule has 16 heavy (non-hydrogen) atoms. The smallest absolute Gasteiger partial charge is 0.269 e. The van der Waals surface area contributed by atoms with E-state index in [0.717, 1.165) is 10.4 Å². The Morgan fingerprint density at radius 3 is 2.50 bits per heavy atom. The monoisotopic (exact) mass is 241 g/mol. The number of phenolic OH excluding ortho intramolecular Hbond substituents is 1. The molecule has 0 atom stereocenters. The Hall–Kier alpha value is -1.56. The lowest BCUT2D eigenvalue weighted by Crippen LogP contribution is -2.36. The molecule has 0 fully saturated rings. The third-order valence-electron chi connectivity index (χ3n) is 2.40. The summed E-state index contributed by atoms with van der Waals surface area (Å²) in [6, 6.07) is 3.29. The molecular weight excluding hydrogens is 230 g/mol. The second-order valence-electron chi connectivity index (χ2n) is 3.88. The van der Waals surface area contributed by atoms with E-state index in [1.807, 2.05) is 0 Å². The number of nitrogens with zero attached hydrogens (tertiary/aromatic N) is 1. The SMILES string of the molecule is CC(C)N1C(=O)c2ccc(O)cc2S1(=O)=O. The van der Waals surface area contributed by atoms with Gasteiger partial charge < -0.3 is 5.11 Å². The van der Waals surface area contributed by atoms with Crippen LogP contribution in [0.15, 0.2) is 23.1 Å². The molecule has 0 saturated carbocycles. The van der Waals surface area contributed by atoms with Crippen molar-refractivity contribution in [3.63, 3.8) is 0 Å². The number of benzene rings is 1. The van der Waals surface area contributed by atoms with E-state index in [1.54, 1.807) is 13.8 Å². The Labute approximate surface area is 93.4 Å². The number of rotatable bonds is 1. The van der Waals surface area contributed by atoms with Crippen molar-refractivity contribution in [1.29, 1.82) is 0 Å². The van der Waals surface area contributed by atoms with E-state index >= 15 is 0 Å². The van der Waals surface area contributed by atoms with Crippen LogP contribution in [0.5, 0.6) is 5.75 Å². The van der Waals surface area contributed by atoms with Crippen LogP contribution in [-0.4, -0.2) is 29.8 Å². The van der Waals surface area contributed by atoms with Crippen molar-refractivity contribution in [3.8, 4) is 5.75 Å². The molecule has 1 heterocycles. The number of amides is 1. The van der Waals surface area contributed by atoms with Crippen LogP contribution in [0.3, 0.4) is 0 Å². The van der Waals surface area contributed by atoms with E-state index in [2.05, 4.69) is 0 Å². The fourth-order valence-electron chi connectivity index (χ4n) is 1.75. The second-order valence-corrected chi connectivity index (χ2v) is 5.66. The molecule has 0 aromatic heterocycles. The van der Waals surface area contributed by atoms with Crippen LogP contribution in [0.4, 0.5) is 0 Å². The molecule has 0 unspecified atom stereocenters. The molecule has 0 aliphatic carbocycles. The van der Waals surface area contributed by atoms with Crippen molar-refractivity contribution >= 4 is 15.9 Å². The molecule has 86 valence electrons. The highest BCUT2D eigenvalue weighted by atomic mass is 32.2. The maximum absolute atomic E-state index is 12.0. The summed E-state index contributed by atoms with van der Waals surface area (Å²) in [5.74, 6) is -0.703. The highest BCUT2D eigenvalue weighted by Crippen LogP contribution is 2.33. The van der Waals surface area contributed by atoms with Crippen molar-refractivity contribution in [2.45, 2.75) is 24.8 Å². The minimum absolute atomic E-state index is 0.117. The van der Waals surface area contributed by atoms with Gasteiger partial charge in [0.25, 0.3) is 15.9 Å². The third-order valence-corrected chi connectivity index (χ3v) is 4.40. The fourth-order valence-corrected chi connectivity index (χ4v) is 3.53. The Morgan fingerprint density at radius 1 is 1.31 bits per heavy atom. The van der Waals surface area contributed by atoms with Gasteiger partial charge in [-0.05, 0) is 26.0 Å². The Balaban J connectivity index is 2.72. The van der Waals surface area contributed by atoms with Gasteiger partial charge in [0.15, 0.2) is 0 Å². The number of hydrogen-bond acceptors (Lipinski definition) is 4. The molecule has 1 amide bonds. The van der Waals surface area contributed by atoms with E-state index < -0.39 is 22.0 Å². The average Bonchev–Trinajstić information content (AvgIpc) is 2.34. The van der Waals surface area contributed by atoms with E-state index in [0.29, 0.717) is 0 Å². The second kappa shape index (κ2) is 3.21. The summed E-state index contributed by atoms with van der Waals surface area (Å²) >= 11 is 0. The van der Waals surface area contributed by atoms with Gasteiger partial charge in [-0.3, -0.25) is 4.79 Å². The molecule has 1 aromatic carbocycles. The predicted octanol–water partition coefficient (Wildman–Crippen LogP) is 0.945. The largest absolute Gasteiger partial charge is 0.508 e. The van der Waals surface area contributed by atoms with E-state index in [4.69, 9.17) is 0 Å². The molecular formula is C10H11NO4S. The summed E-state index contributed by atoms with van der Waals surface area (Å²) in [5, 5.41) is 9.25. The quantitative estimate of drug-likeness (QED) is 0.794. The van der Waals surface area contributed by atoms with Gasteiger partial charge in [-0.15, -0.1) is 0 Å². The van der Waals surface area contributed by atoms with Gasteiger partial charge >= 0.3 is 0 Å². The summed E-state index contributed by atoms with van der Waals surface area (Å²) < 4.78 is 24.8. The first kappa shape index (κ1) is 10.9. The number of fused-ring (bicyclic) bond motifs is 1. The Bertz CT molecular complexity index is 562. The first-order valence-electron chi connectivity index (χ1n) is 4.77. The molecule has 0 saturated heterocycles. The van der Waals surface area contributed by atoms with Crippen molar-refractivity contribution in [2.24, 2.45) is 0 Å². The Morgan fingerprint density at radius 2 is 1.94 bits per heavy atom. The first-order chi connectivity index (χ1) is 7.35. The van der Waals surface area contributed by atoms with Crippen molar-refractivity contribution < 1.29 is 18.3 Å². The topological polar surface area (TPSA) is 74.7 Å². The molecule has 0 bridgehead atoms. The molecule has 1 aliphatic rings. The van der Waals surface area contributed by atoms with Crippen molar-refractivity contribution in [3.05, 3.63) is 23.8 Å². The highest BCUT2D eigenvalue weighted by molar-refractivity contribution is 7.90. The Kier molecular flexibility index (Phi) is 2.20. The predicted molar refractivity (Wildman–Crippen MR) is 56.6 cm³/mol. The normalized spacial score (nSPS) is 17.9. The summed E-state index contributed by atoms with van der Waals surface area (Å²) in [6.07, 6.45) is 0. The number of carbonyl (C=O) groups is 1. The number of hydrogen-bond donors (Lipinski definition) is 1. The van der Waals surface area contributed by atoms with Crippen molar-refractivity contribution in [2.75, 3.05) is 0 Å². The lowest BCUT2D eigenvalue weighted by molar-refractivity contribution is 0.0846. The lowest BCUT2D eigenvalue weighted by atomic mass is 10.2. The maximum atomic E-state index is 12.0. The summed E-state index contributed by atoms with van der Waals surface area (Å²) in [7, 11) is -3.79. The standard InChI is InChI=1S/C10H11NO4S/c1-6(2)11-10(13)8-4-3-7(12)5-9(8)16(11,14)15/h3-6,12H,1-2H3. The van der Waals surface area contributed by atoms with Crippen LogP contribution in [0.25, 0.3) is 0 Å². The molecule has 2 rings (SSSR count). The van der Waals surface area contributed by atoms with Gasteiger partial charge in [0.05, 0.1) is 5.56 Å². The van der Waals surface area contributed by atoms with Gasteiger partial charge in [-0.1, -0.05) is 0 Å². The third kappa shape index (κ3) is 1.30. The van der Waals surface area contributed by atoms with Crippen LogP contribution in [0.1, 0.15) is 24.2 Å². The maximum Gasteiger partial charge on any atom is 0.269 e. The molecule has 1 aromatic rings. The minimum atomic E-state index is -3.79. The van der Waals surface area contributed by atoms with Gasteiger partial charge in [-0.2, -0.15) is 0 Å². The van der Waals surface area contributed by atoms with Gasteiger partial charge in [0, 0.05) is 12.1 Å². The average molecular weight is 241 g/mol. The number of aromatic hydroxyl groups is 1. The summed E-state index contributed by atoms with van der Waals surface area (Å²) in [5.41, 5.74) is 0.117. The zero-order valence-electron chi connectivity index (χ0n) is 8.84. The highest BCUT2D eigenvalue weighted by Gasteiger charge is 2.42. The van der Waals surface area contributed by atoms with Crippen molar-refractivity contribution in [1.82, 2.24) is 4.31 Å². The number of phenols is 1. The van der Waals surface area contributed by atoms with Crippen LogP contribution in [0, 0.1) is 0 Å². The lowest BCUT2D eigenvalue weighted by Gasteiger charge is -2.18. The summed E-state index contributed by atoms with van der Waals surface area (Å²) in [6.45, 7) is 3.25. The zero-order chi connectivity index (χ0) is 12.1. The van der Waals surface area contributed by atoms with Crippen LogP contribution >= 0.6 is 0 Å². The van der Waals surface area contributed by atoms with Crippen LogP contribution < -0.4 is 0 Å². The number of sulfonamides is 1. The molecule has 5 nitrogen and oxygen atoms in total.